The number of fused-ring (bicyclic) bond motifs is 3. The second-order valence-electron chi connectivity index (χ2n) is 6.96. The number of benzene rings is 2. The van der Waals surface area contributed by atoms with Crippen LogP contribution in [0.15, 0.2) is 54.7 Å². The number of nitrogens with one attached hydrogen (secondary N) is 1. The van der Waals surface area contributed by atoms with Crippen molar-refractivity contribution in [2.24, 2.45) is 0 Å². The van der Waals surface area contributed by atoms with E-state index in [4.69, 9.17) is 9.72 Å². The van der Waals surface area contributed by atoms with Crippen molar-refractivity contribution in [3.05, 3.63) is 60.3 Å². The Morgan fingerprint density at radius 2 is 2.04 bits per heavy atom. The number of carbonyl (C=O) groups is 1. The Morgan fingerprint density at radius 3 is 2.82 bits per heavy atom. The van der Waals surface area contributed by atoms with Crippen LogP contribution in [0, 0.1) is 0 Å². The van der Waals surface area contributed by atoms with Gasteiger partial charge < -0.3 is 10.1 Å². The van der Waals surface area contributed by atoms with Gasteiger partial charge in [0.05, 0.1) is 22.0 Å². The summed E-state index contributed by atoms with van der Waals surface area (Å²) in [6.45, 7) is 5.28. The molecule has 28 heavy (non-hydrogen) atoms. The SMILES string of the molecule is CC(C)OCCCNC(=O)c1ccc2c(c1)sc1nc(-c3ccccc3)cn12. The number of aromatic nitrogens is 2. The van der Waals surface area contributed by atoms with E-state index in [-0.39, 0.29) is 12.0 Å². The van der Waals surface area contributed by atoms with Crippen molar-refractivity contribution in [1.82, 2.24) is 14.7 Å². The summed E-state index contributed by atoms with van der Waals surface area (Å²) in [5.74, 6) is -0.0533. The normalized spacial score (nSPS) is 11.5. The molecule has 0 aliphatic heterocycles. The average molecular weight is 394 g/mol. The highest BCUT2D eigenvalue weighted by atomic mass is 32.1. The van der Waals surface area contributed by atoms with Crippen LogP contribution in [0.4, 0.5) is 0 Å². The van der Waals surface area contributed by atoms with Crippen LogP contribution in [0.1, 0.15) is 30.6 Å². The Hall–Kier alpha value is -2.70. The summed E-state index contributed by atoms with van der Waals surface area (Å²) in [4.78, 5) is 18.1. The molecule has 0 saturated carbocycles. The summed E-state index contributed by atoms with van der Waals surface area (Å²) in [5, 5.41) is 2.96. The summed E-state index contributed by atoms with van der Waals surface area (Å²) >= 11 is 1.60. The molecule has 0 bridgehead atoms. The van der Waals surface area contributed by atoms with Gasteiger partial charge in [-0.3, -0.25) is 9.20 Å². The quantitative estimate of drug-likeness (QED) is 0.461. The number of ether oxygens (including phenoxy) is 1. The van der Waals surface area contributed by atoms with Crippen molar-refractivity contribution < 1.29 is 9.53 Å². The van der Waals surface area contributed by atoms with Gasteiger partial charge in [-0.1, -0.05) is 41.7 Å². The van der Waals surface area contributed by atoms with E-state index >= 15 is 0 Å². The molecular formula is C22H23N3O2S. The van der Waals surface area contributed by atoms with E-state index < -0.39 is 0 Å². The molecule has 0 radical (unpaired) electrons. The second-order valence-corrected chi connectivity index (χ2v) is 7.97. The maximum Gasteiger partial charge on any atom is 0.251 e. The molecule has 4 rings (SSSR count). The molecule has 6 heteroatoms. The molecule has 0 spiro atoms. The summed E-state index contributed by atoms with van der Waals surface area (Å²) < 4.78 is 8.64. The van der Waals surface area contributed by atoms with Crippen LogP contribution in [-0.4, -0.2) is 34.5 Å². The molecule has 0 unspecified atom stereocenters. The molecule has 0 aliphatic carbocycles. The van der Waals surface area contributed by atoms with Gasteiger partial charge >= 0.3 is 0 Å². The van der Waals surface area contributed by atoms with Crippen molar-refractivity contribution in [2.45, 2.75) is 26.4 Å². The van der Waals surface area contributed by atoms with Crippen LogP contribution in [0.5, 0.6) is 0 Å². The molecule has 0 aliphatic rings. The molecule has 1 amide bonds. The first-order valence-corrected chi connectivity index (χ1v) is 10.3. The predicted octanol–water partition coefficient (Wildman–Crippen LogP) is 4.76. The number of imidazole rings is 1. The fourth-order valence-electron chi connectivity index (χ4n) is 3.09. The Labute approximate surface area is 168 Å². The highest BCUT2D eigenvalue weighted by Crippen LogP contribution is 2.30. The van der Waals surface area contributed by atoms with Gasteiger partial charge in [0.25, 0.3) is 5.91 Å². The first kappa shape index (κ1) is 18.7. The van der Waals surface area contributed by atoms with Gasteiger partial charge in [-0.25, -0.2) is 4.98 Å². The van der Waals surface area contributed by atoms with E-state index in [0.717, 1.165) is 32.9 Å². The second kappa shape index (κ2) is 8.12. The number of nitrogens with zero attached hydrogens (tertiary/aromatic N) is 2. The predicted molar refractivity (Wildman–Crippen MR) is 114 cm³/mol. The molecular weight excluding hydrogens is 370 g/mol. The zero-order valence-corrected chi connectivity index (χ0v) is 16.8. The van der Waals surface area contributed by atoms with E-state index in [1.54, 1.807) is 11.3 Å². The molecule has 1 N–H and O–H groups in total. The van der Waals surface area contributed by atoms with Gasteiger partial charge in [-0.05, 0) is 38.5 Å². The van der Waals surface area contributed by atoms with E-state index in [1.807, 2.05) is 50.2 Å². The van der Waals surface area contributed by atoms with Crippen molar-refractivity contribution in [3.8, 4) is 11.3 Å². The lowest BCUT2D eigenvalue weighted by atomic mass is 10.2. The monoisotopic (exact) mass is 393 g/mol. The Morgan fingerprint density at radius 1 is 1.21 bits per heavy atom. The summed E-state index contributed by atoms with van der Waals surface area (Å²) in [6, 6.07) is 16.0. The van der Waals surface area contributed by atoms with Crippen LogP contribution in [0.3, 0.4) is 0 Å². The maximum absolute atomic E-state index is 12.4. The Bertz CT molecular complexity index is 1100. The minimum absolute atomic E-state index is 0.0533. The first-order chi connectivity index (χ1) is 13.6. The molecule has 0 saturated heterocycles. The summed E-state index contributed by atoms with van der Waals surface area (Å²) in [7, 11) is 0. The van der Waals surface area contributed by atoms with E-state index in [9.17, 15) is 4.79 Å². The van der Waals surface area contributed by atoms with Gasteiger partial charge in [-0.15, -0.1) is 0 Å². The number of thiazole rings is 1. The number of rotatable bonds is 7. The Kier molecular flexibility index (Phi) is 5.41. The molecule has 2 aromatic heterocycles. The highest BCUT2D eigenvalue weighted by molar-refractivity contribution is 7.23. The van der Waals surface area contributed by atoms with Crippen LogP contribution < -0.4 is 5.32 Å². The largest absolute Gasteiger partial charge is 0.379 e. The lowest BCUT2D eigenvalue weighted by Gasteiger charge is -2.08. The fourth-order valence-corrected chi connectivity index (χ4v) is 4.13. The minimum Gasteiger partial charge on any atom is -0.379 e. The van der Waals surface area contributed by atoms with E-state index in [0.29, 0.717) is 18.7 Å². The topological polar surface area (TPSA) is 55.6 Å². The molecule has 4 aromatic rings. The molecule has 2 heterocycles. The maximum atomic E-state index is 12.4. The number of carbonyl (C=O) groups excluding carboxylic acids is 1. The van der Waals surface area contributed by atoms with Crippen LogP contribution in [-0.2, 0) is 4.74 Å². The number of hydrogen-bond acceptors (Lipinski definition) is 4. The molecule has 0 atom stereocenters. The zero-order chi connectivity index (χ0) is 19.5. The lowest BCUT2D eigenvalue weighted by Crippen LogP contribution is -2.25. The van der Waals surface area contributed by atoms with Crippen LogP contribution in [0.2, 0.25) is 0 Å². The third-order valence-corrected chi connectivity index (χ3v) is 5.50. The zero-order valence-electron chi connectivity index (χ0n) is 16.0. The van der Waals surface area contributed by atoms with Gasteiger partial charge in [0.15, 0.2) is 4.96 Å². The van der Waals surface area contributed by atoms with Gasteiger partial charge in [0.1, 0.15) is 0 Å². The summed E-state index contributed by atoms with van der Waals surface area (Å²) in [5.41, 5.74) is 3.80. The molecule has 0 fully saturated rings. The van der Waals surface area contributed by atoms with Gasteiger partial charge in [0.2, 0.25) is 0 Å². The molecule has 2 aromatic carbocycles. The van der Waals surface area contributed by atoms with Crippen molar-refractivity contribution in [1.29, 1.82) is 0 Å². The minimum atomic E-state index is -0.0533. The van der Waals surface area contributed by atoms with Crippen LogP contribution >= 0.6 is 11.3 Å². The van der Waals surface area contributed by atoms with E-state index in [1.165, 1.54) is 0 Å². The highest BCUT2D eigenvalue weighted by Gasteiger charge is 2.12. The van der Waals surface area contributed by atoms with Crippen molar-refractivity contribution >= 4 is 32.4 Å². The third kappa shape index (κ3) is 3.93. The van der Waals surface area contributed by atoms with E-state index in [2.05, 4.69) is 28.0 Å². The standard InChI is InChI=1S/C22H23N3O2S/c1-15(2)27-12-6-11-23-21(26)17-9-10-19-20(13-17)28-22-24-18(14-25(19)22)16-7-4-3-5-8-16/h3-5,7-10,13-15H,6,11-12H2,1-2H3,(H,23,26). The Balaban J connectivity index is 1.49. The number of hydrogen-bond donors (Lipinski definition) is 1. The average Bonchev–Trinajstić information content (AvgIpc) is 3.25. The van der Waals surface area contributed by atoms with Crippen molar-refractivity contribution in [3.63, 3.8) is 0 Å². The van der Waals surface area contributed by atoms with Crippen LogP contribution in [0.25, 0.3) is 26.4 Å². The number of amides is 1. The van der Waals surface area contributed by atoms with Gasteiger partial charge in [0, 0.05) is 30.5 Å². The van der Waals surface area contributed by atoms with Gasteiger partial charge in [-0.2, -0.15) is 0 Å². The van der Waals surface area contributed by atoms with Crippen molar-refractivity contribution in [2.75, 3.05) is 13.2 Å². The summed E-state index contributed by atoms with van der Waals surface area (Å²) in [6.07, 6.45) is 3.08. The first-order valence-electron chi connectivity index (χ1n) is 9.49. The third-order valence-electron chi connectivity index (χ3n) is 4.48. The molecule has 144 valence electrons. The fraction of sp³-hybridized carbons (Fsp3) is 0.273. The smallest absolute Gasteiger partial charge is 0.251 e. The molecule has 5 nitrogen and oxygen atoms in total. The lowest BCUT2D eigenvalue weighted by molar-refractivity contribution is 0.0757.